The normalized spacial score (nSPS) is 16.0. The molecule has 0 amide bonds. The quantitative estimate of drug-likeness (QED) is 0.261. The van der Waals surface area contributed by atoms with Gasteiger partial charge in [0, 0.05) is 26.7 Å². The van der Waals surface area contributed by atoms with Crippen molar-refractivity contribution in [2.45, 2.75) is 32.5 Å². The predicted molar refractivity (Wildman–Crippen MR) is 127 cm³/mol. The van der Waals surface area contributed by atoms with Crippen molar-refractivity contribution in [2.75, 3.05) is 53.0 Å². The molecule has 1 aliphatic rings. The summed E-state index contributed by atoms with van der Waals surface area (Å²) in [6.07, 6.45) is -2.04. The van der Waals surface area contributed by atoms with Crippen molar-refractivity contribution in [1.82, 2.24) is 15.5 Å². The minimum Gasteiger partial charge on any atom is -0.484 e. The fourth-order valence-corrected chi connectivity index (χ4v) is 3.24. The molecule has 1 saturated heterocycles. The van der Waals surface area contributed by atoms with Crippen LogP contribution in [0.4, 0.5) is 13.2 Å². The number of hydrogen-bond acceptors (Lipinski definition) is 4. The number of ether oxygens (including phenoxy) is 2. The average molecular weight is 558 g/mol. The van der Waals surface area contributed by atoms with Gasteiger partial charge in [-0.3, -0.25) is 0 Å². The number of methoxy groups -OCH3 is 1. The van der Waals surface area contributed by atoms with E-state index in [-0.39, 0.29) is 29.7 Å². The van der Waals surface area contributed by atoms with E-state index >= 15 is 0 Å². The number of aliphatic imine (C=N–C) groups is 1. The molecule has 31 heavy (non-hydrogen) atoms. The Labute approximate surface area is 200 Å². The van der Waals surface area contributed by atoms with Crippen LogP contribution in [0.25, 0.3) is 0 Å². The predicted octanol–water partition coefficient (Wildman–Crippen LogP) is 3.66. The molecule has 0 aromatic heterocycles. The molecule has 0 radical (unpaired) electrons. The smallest absolute Gasteiger partial charge is 0.422 e. The minimum absolute atomic E-state index is 0. The highest BCUT2D eigenvalue weighted by Gasteiger charge is 2.28. The van der Waals surface area contributed by atoms with Crippen molar-refractivity contribution in [3.63, 3.8) is 0 Å². The summed E-state index contributed by atoms with van der Waals surface area (Å²) in [5, 5.41) is 6.65. The van der Waals surface area contributed by atoms with Gasteiger partial charge in [0.15, 0.2) is 12.6 Å². The molecule has 0 aliphatic carbocycles. The van der Waals surface area contributed by atoms with Crippen molar-refractivity contribution in [2.24, 2.45) is 10.9 Å². The summed E-state index contributed by atoms with van der Waals surface area (Å²) < 4.78 is 46.5. The zero-order valence-electron chi connectivity index (χ0n) is 18.2. The molecule has 10 heteroatoms. The number of likely N-dealkylation sites (tertiary alicyclic amines) is 1. The Morgan fingerprint density at radius 3 is 2.42 bits per heavy atom. The lowest BCUT2D eigenvalue weighted by atomic mass is 9.97. The van der Waals surface area contributed by atoms with E-state index < -0.39 is 12.8 Å². The first kappa shape index (κ1) is 27.8. The first-order chi connectivity index (χ1) is 14.4. The van der Waals surface area contributed by atoms with Gasteiger partial charge in [0.1, 0.15) is 5.75 Å². The summed E-state index contributed by atoms with van der Waals surface area (Å²) in [7, 11) is 1.73. The van der Waals surface area contributed by atoms with E-state index in [4.69, 9.17) is 9.47 Å². The second-order valence-electron chi connectivity index (χ2n) is 7.40. The van der Waals surface area contributed by atoms with E-state index in [2.05, 4.69) is 20.5 Å². The van der Waals surface area contributed by atoms with Gasteiger partial charge >= 0.3 is 6.18 Å². The molecule has 1 aliphatic heterocycles. The maximum atomic E-state index is 12.2. The van der Waals surface area contributed by atoms with Crippen LogP contribution in [0.15, 0.2) is 29.3 Å². The van der Waals surface area contributed by atoms with Crippen LogP contribution in [0, 0.1) is 5.92 Å². The van der Waals surface area contributed by atoms with Crippen LogP contribution in [0.2, 0.25) is 0 Å². The Bertz CT molecular complexity index is 637. The van der Waals surface area contributed by atoms with Crippen molar-refractivity contribution >= 4 is 29.9 Å². The molecule has 2 rings (SSSR count). The Kier molecular flexibility index (Phi) is 13.2. The lowest BCUT2D eigenvalue weighted by molar-refractivity contribution is -0.153. The minimum atomic E-state index is -4.34. The molecule has 6 nitrogen and oxygen atoms in total. The summed E-state index contributed by atoms with van der Waals surface area (Å²) in [5.41, 5.74) is 0.901. The summed E-state index contributed by atoms with van der Waals surface area (Å²) in [4.78, 5) is 7.02. The fourth-order valence-electron chi connectivity index (χ4n) is 3.24. The van der Waals surface area contributed by atoms with Crippen molar-refractivity contribution in [1.29, 1.82) is 0 Å². The Morgan fingerprint density at radius 2 is 1.84 bits per heavy atom. The monoisotopic (exact) mass is 558 g/mol. The largest absolute Gasteiger partial charge is 0.484 e. The highest BCUT2D eigenvalue weighted by Crippen LogP contribution is 2.19. The maximum absolute atomic E-state index is 12.2. The standard InChI is InChI=1S/C21H33F3N4O2.HI/c1-3-25-20(27-15-18-8-10-28(11-9-18)12-13-29-2)26-14-17-4-6-19(7-5-17)30-16-21(22,23)24;/h4-7,18H,3,8-16H2,1-2H3,(H2,25,26,27);1H. The van der Waals surface area contributed by atoms with Crippen LogP contribution in [-0.4, -0.2) is 70.1 Å². The van der Waals surface area contributed by atoms with Gasteiger partial charge in [-0.25, -0.2) is 4.99 Å². The van der Waals surface area contributed by atoms with E-state index in [0.29, 0.717) is 12.5 Å². The second-order valence-corrected chi connectivity index (χ2v) is 7.40. The molecule has 0 bridgehead atoms. The Morgan fingerprint density at radius 1 is 1.16 bits per heavy atom. The Hall–Kier alpha value is -1.27. The average Bonchev–Trinajstić information content (AvgIpc) is 2.73. The molecule has 0 saturated carbocycles. The number of nitrogens with one attached hydrogen (secondary N) is 2. The molecule has 1 aromatic rings. The highest BCUT2D eigenvalue weighted by molar-refractivity contribution is 14.0. The summed E-state index contributed by atoms with van der Waals surface area (Å²) in [5.74, 6) is 1.55. The van der Waals surface area contributed by atoms with E-state index in [1.807, 2.05) is 6.92 Å². The first-order valence-electron chi connectivity index (χ1n) is 10.4. The van der Waals surface area contributed by atoms with Crippen molar-refractivity contribution in [3.05, 3.63) is 29.8 Å². The summed E-state index contributed by atoms with van der Waals surface area (Å²) in [6.45, 7) is 6.72. The molecular weight excluding hydrogens is 524 g/mol. The van der Waals surface area contributed by atoms with Gasteiger partial charge in [0.05, 0.1) is 13.2 Å². The van der Waals surface area contributed by atoms with Crippen molar-refractivity contribution in [3.8, 4) is 5.75 Å². The third-order valence-electron chi connectivity index (χ3n) is 4.97. The zero-order valence-corrected chi connectivity index (χ0v) is 20.5. The molecule has 1 aromatic carbocycles. The Balaban J connectivity index is 0.00000480. The highest BCUT2D eigenvalue weighted by atomic mass is 127. The number of benzene rings is 1. The van der Waals surface area contributed by atoms with Crippen molar-refractivity contribution < 1.29 is 22.6 Å². The molecule has 0 unspecified atom stereocenters. The van der Waals surface area contributed by atoms with Gasteiger partial charge in [-0.15, -0.1) is 24.0 Å². The number of rotatable bonds is 10. The van der Waals surface area contributed by atoms with Crippen LogP contribution >= 0.6 is 24.0 Å². The molecule has 178 valence electrons. The third kappa shape index (κ3) is 11.8. The topological polar surface area (TPSA) is 58.1 Å². The van der Waals surface area contributed by atoms with Crippen LogP contribution in [0.3, 0.4) is 0 Å². The lowest BCUT2D eigenvalue weighted by Gasteiger charge is -2.32. The number of halogens is 4. The summed E-state index contributed by atoms with van der Waals surface area (Å²) in [6, 6.07) is 6.53. The second kappa shape index (κ2) is 14.7. The zero-order chi connectivity index (χ0) is 21.8. The molecule has 2 N–H and O–H groups in total. The van der Waals surface area contributed by atoms with Crippen LogP contribution < -0.4 is 15.4 Å². The van der Waals surface area contributed by atoms with E-state index in [1.54, 1.807) is 19.2 Å². The van der Waals surface area contributed by atoms with Gasteiger partial charge in [-0.1, -0.05) is 12.1 Å². The molecule has 0 atom stereocenters. The molecule has 0 spiro atoms. The molecule has 1 fully saturated rings. The van der Waals surface area contributed by atoms with Crippen LogP contribution in [-0.2, 0) is 11.3 Å². The number of hydrogen-bond donors (Lipinski definition) is 2. The summed E-state index contributed by atoms with van der Waals surface area (Å²) >= 11 is 0. The number of alkyl halides is 3. The van der Waals surface area contributed by atoms with Crippen LogP contribution in [0.5, 0.6) is 5.75 Å². The van der Waals surface area contributed by atoms with E-state index in [1.165, 1.54) is 12.1 Å². The SMILES string of the molecule is CCNC(=NCc1ccc(OCC(F)(F)F)cc1)NCC1CCN(CCOC)CC1.I. The van der Waals surface area contributed by atoms with Gasteiger partial charge in [-0.05, 0) is 56.5 Å². The number of nitrogens with zero attached hydrogens (tertiary/aromatic N) is 2. The molecular formula is C21H34F3IN4O2. The van der Waals surface area contributed by atoms with Gasteiger partial charge in [-0.2, -0.15) is 13.2 Å². The number of piperidine rings is 1. The fraction of sp³-hybridized carbons (Fsp3) is 0.667. The van der Waals surface area contributed by atoms with E-state index in [9.17, 15) is 13.2 Å². The maximum Gasteiger partial charge on any atom is 0.422 e. The third-order valence-corrected chi connectivity index (χ3v) is 4.97. The van der Waals surface area contributed by atoms with Gasteiger partial charge in [0.2, 0.25) is 0 Å². The van der Waals surface area contributed by atoms with Crippen LogP contribution in [0.1, 0.15) is 25.3 Å². The first-order valence-corrected chi connectivity index (χ1v) is 10.4. The molecule has 1 heterocycles. The van der Waals surface area contributed by atoms with Gasteiger partial charge < -0.3 is 25.0 Å². The lowest BCUT2D eigenvalue weighted by Crippen LogP contribution is -2.43. The van der Waals surface area contributed by atoms with Gasteiger partial charge in [0.25, 0.3) is 0 Å². The van der Waals surface area contributed by atoms with E-state index in [0.717, 1.165) is 63.7 Å². The number of guanidine groups is 1.